The summed E-state index contributed by atoms with van der Waals surface area (Å²) in [6.07, 6.45) is 56.5. The fraction of sp³-hybridized carbons (Fsp3) is 0.890. The maximum Gasteiger partial charge on any atom is 0.472 e. The first kappa shape index (κ1) is 89.5. The van der Waals surface area contributed by atoms with Crippen LogP contribution in [0.1, 0.15) is 356 Å². The Balaban J connectivity index is 5.25. The van der Waals surface area contributed by atoms with Gasteiger partial charge in [0.1, 0.15) is 19.3 Å². The molecule has 3 N–H and O–H groups in total. The number of ether oxygens (including phenoxy) is 4. The second-order valence-corrected chi connectivity index (χ2v) is 29.0. The van der Waals surface area contributed by atoms with Crippen LogP contribution in [0.25, 0.3) is 0 Å². The average Bonchev–Trinajstić information content (AvgIpc) is 2.14. The third-order valence-electron chi connectivity index (χ3n) is 16.4. The quantitative estimate of drug-likeness (QED) is 0.0169. The summed E-state index contributed by atoms with van der Waals surface area (Å²) in [4.78, 5) is 72.6. The van der Waals surface area contributed by atoms with Crippen LogP contribution in [0.4, 0.5) is 0 Å². The number of unbranched alkanes of at least 4 members (excludes halogenated alkanes) is 40. The molecule has 0 aliphatic heterocycles. The number of rotatable bonds is 71. The first-order valence-corrected chi connectivity index (χ1v) is 40.4. The van der Waals surface area contributed by atoms with E-state index < -0.39 is 97.5 Å². The van der Waals surface area contributed by atoms with E-state index in [2.05, 4.69) is 58.9 Å². The van der Waals surface area contributed by atoms with Crippen LogP contribution in [0.2, 0.25) is 0 Å². The van der Waals surface area contributed by atoms with Gasteiger partial charge < -0.3 is 33.8 Å². The van der Waals surface area contributed by atoms with Crippen LogP contribution in [-0.2, 0) is 65.4 Å². The smallest absolute Gasteiger partial charge is 0.462 e. The van der Waals surface area contributed by atoms with Crippen molar-refractivity contribution >= 4 is 39.5 Å². The van der Waals surface area contributed by atoms with Gasteiger partial charge in [-0.05, 0) is 57.3 Å². The molecule has 2 unspecified atom stereocenters. The SMILES string of the molecule is CCCCCC/C=C\C=C/CCCCCCCC(=O)OC[C@H](COP(=O)(O)OC[C@@H](O)COP(=O)(O)OC[C@@H](COC(=O)CCCCCCCCCCC)OC(=O)CCCCCCCCCC(C)C)OC(=O)CCCCCCCCCCCCCCCCCCCC. The van der Waals surface area contributed by atoms with Gasteiger partial charge in [0.15, 0.2) is 12.2 Å². The fourth-order valence-corrected chi connectivity index (χ4v) is 12.2. The molecule has 0 saturated heterocycles. The third kappa shape index (κ3) is 66.2. The maximum atomic E-state index is 13.0. The zero-order valence-electron chi connectivity index (χ0n) is 59.2. The van der Waals surface area contributed by atoms with Crippen LogP contribution >= 0.6 is 15.6 Å². The second kappa shape index (κ2) is 65.8. The number of carbonyl (C=O) groups excluding carboxylic acids is 4. The zero-order chi connectivity index (χ0) is 67.7. The average molecular weight is 1350 g/mol. The van der Waals surface area contributed by atoms with E-state index in [9.17, 15) is 43.2 Å². The molecule has 0 amide bonds. The van der Waals surface area contributed by atoms with E-state index in [1.54, 1.807) is 0 Å². The summed E-state index contributed by atoms with van der Waals surface area (Å²) in [5, 5.41) is 10.6. The molecule has 0 aliphatic rings. The van der Waals surface area contributed by atoms with E-state index in [-0.39, 0.29) is 25.7 Å². The Hall–Kier alpha value is -2.46. The Morgan fingerprint density at radius 1 is 0.337 bits per heavy atom. The molecule has 0 aliphatic carbocycles. The van der Waals surface area contributed by atoms with Crippen LogP contribution in [0.5, 0.6) is 0 Å². The molecule has 0 saturated carbocycles. The van der Waals surface area contributed by atoms with Crippen LogP contribution in [-0.4, -0.2) is 96.7 Å². The highest BCUT2D eigenvalue weighted by Crippen LogP contribution is 2.45. The second-order valence-electron chi connectivity index (χ2n) is 26.1. The molecule has 17 nitrogen and oxygen atoms in total. The Morgan fingerprint density at radius 2 is 0.587 bits per heavy atom. The van der Waals surface area contributed by atoms with Gasteiger partial charge in [0.2, 0.25) is 0 Å². The van der Waals surface area contributed by atoms with Gasteiger partial charge in [0.25, 0.3) is 0 Å². The van der Waals surface area contributed by atoms with Gasteiger partial charge in [-0.25, -0.2) is 9.13 Å². The van der Waals surface area contributed by atoms with Crippen molar-refractivity contribution in [1.82, 2.24) is 0 Å². The van der Waals surface area contributed by atoms with Crippen LogP contribution in [0.15, 0.2) is 24.3 Å². The third-order valence-corrected chi connectivity index (χ3v) is 18.3. The predicted molar refractivity (Wildman–Crippen MR) is 372 cm³/mol. The van der Waals surface area contributed by atoms with Crippen molar-refractivity contribution in [2.24, 2.45) is 5.92 Å². The Bertz CT molecular complexity index is 1860. The van der Waals surface area contributed by atoms with Gasteiger partial charge in [0.05, 0.1) is 26.4 Å². The molecule has 0 fully saturated rings. The van der Waals surface area contributed by atoms with Gasteiger partial charge in [-0.15, -0.1) is 0 Å². The van der Waals surface area contributed by atoms with Gasteiger partial charge in [-0.2, -0.15) is 0 Å². The Kier molecular flexibility index (Phi) is 64.0. The Morgan fingerprint density at radius 3 is 0.891 bits per heavy atom. The zero-order valence-corrected chi connectivity index (χ0v) is 61.0. The van der Waals surface area contributed by atoms with Crippen molar-refractivity contribution < 1.29 is 80.2 Å². The topological polar surface area (TPSA) is 237 Å². The van der Waals surface area contributed by atoms with Crippen molar-refractivity contribution in [2.75, 3.05) is 39.6 Å². The lowest BCUT2D eigenvalue weighted by molar-refractivity contribution is -0.161. The van der Waals surface area contributed by atoms with Crippen LogP contribution in [0, 0.1) is 5.92 Å². The molecular formula is C73H138O17P2. The van der Waals surface area contributed by atoms with Crippen molar-refractivity contribution in [3.63, 3.8) is 0 Å². The lowest BCUT2D eigenvalue weighted by atomic mass is 10.0. The van der Waals surface area contributed by atoms with E-state index in [1.165, 1.54) is 161 Å². The predicted octanol–water partition coefficient (Wildman–Crippen LogP) is 20.9. The Labute approximate surface area is 561 Å². The highest BCUT2D eigenvalue weighted by Gasteiger charge is 2.30. The monoisotopic (exact) mass is 1350 g/mol. The van der Waals surface area contributed by atoms with Crippen molar-refractivity contribution in [3.05, 3.63) is 24.3 Å². The molecule has 0 spiro atoms. The number of phosphoric acid groups is 2. The normalized spacial score (nSPS) is 14.2. The summed E-state index contributed by atoms with van der Waals surface area (Å²) in [7, 11) is -9.91. The number of esters is 4. The highest BCUT2D eigenvalue weighted by atomic mass is 31.2. The number of hydrogen-bond acceptors (Lipinski definition) is 15. The van der Waals surface area contributed by atoms with Gasteiger partial charge in [0, 0.05) is 25.7 Å². The number of carbonyl (C=O) groups is 4. The van der Waals surface area contributed by atoms with Gasteiger partial charge in [-0.1, -0.05) is 303 Å². The number of aliphatic hydroxyl groups excluding tert-OH is 1. The van der Waals surface area contributed by atoms with E-state index in [0.717, 1.165) is 109 Å². The molecule has 0 bridgehead atoms. The number of hydrogen-bond donors (Lipinski definition) is 3. The van der Waals surface area contributed by atoms with Crippen molar-refractivity contribution in [2.45, 2.75) is 374 Å². The van der Waals surface area contributed by atoms with Gasteiger partial charge >= 0.3 is 39.5 Å². The number of aliphatic hydroxyl groups is 1. The minimum atomic E-state index is -4.96. The molecule has 92 heavy (non-hydrogen) atoms. The largest absolute Gasteiger partial charge is 0.472 e. The lowest BCUT2D eigenvalue weighted by Gasteiger charge is -2.21. The van der Waals surface area contributed by atoms with Gasteiger partial charge in [-0.3, -0.25) is 37.3 Å². The van der Waals surface area contributed by atoms with E-state index >= 15 is 0 Å². The minimum Gasteiger partial charge on any atom is -0.462 e. The van der Waals surface area contributed by atoms with Crippen molar-refractivity contribution in [3.8, 4) is 0 Å². The molecule has 5 atom stereocenters. The summed E-state index contributed by atoms with van der Waals surface area (Å²) in [5.74, 6) is -1.46. The van der Waals surface area contributed by atoms with E-state index in [0.29, 0.717) is 31.6 Å². The minimum absolute atomic E-state index is 0.101. The van der Waals surface area contributed by atoms with Crippen LogP contribution < -0.4 is 0 Å². The molecular weight excluding hydrogens is 1210 g/mol. The van der Waals surface area contributed by atoms with Crippen molar-refractivity contribution in [1.29, 1.82) is 0 Å². The number of allylic oxidation sites excluding steroid dienone is 4. The fourth-order valence-electron chi connectivity index (χ4n) is 10.6. The first-order chi connectivity index (χ1) is 44.5. The molecule has 0 aromatic carbocycles. The van der Waals surface area contributed by atoms with E-state index in [1.807, 2.05) is 0 Å². The molecule has 0 aromatic heterocycles. The van der Waals surface area contributed by atoms with Crippen LogP contribution in [0.3, 0.4) is 0 Å². The molecule has 542 valence electrons. The summed E-state index contributed by atoms with van der Waals surface area (Å²) in [5.41, 5.74) is 0. The standard InChI is InChI=1S/C73H138O17P2/c1-6-9-12-15-18-21-23-25-27-28-29-31-33-35-38-43-48-53-58-72(77)89-68(62-84-71(76)57-52-47-42-37-34-32-30-26-24-22-19-16-13-10-7-2)64-87-91(79,80)85-60-67(74)61-86-92(81,82)88-65-69(63-83-70(75)56-51-46-41-36-20-17-14-11-8-3)90-73(78)59-54-49-44-39-40-45-50-55-66(4)5/h22,24,26,30,66-69,74H,6-21,23,25,27-29,31-65H2,1-5H3,(H,79,80)(H,81,82)/b24-22-,30-26-/t67-,68-,69-/m1/s1. The molecule has 0 heterocycles. The first-order valence-electron chi connectivity index (χ1n) is 37.5. The molecule has 19 heteroatoms. The lowest BCUT2D eigenvalue weighted by Crippen LogP contribution is -2.30. The molecule has 0 rings (SSSR count). The van der Waals surface area contributed by atoms with E-state index in [4.69, 9.17) is 37.0 Å². The molecule has 0 radical (unpaired) electrons. The summed E-state index contributed by atoms with van der Waals surface area (Å²) >= 11 is 0. The summed E-state index contributed by atoms with van der Waals surface area (Å²) < 4.78 is 68.3. The summed E-state index contributed by atoms with van der Waals surface area (Å²) in [6, 6.07) is 0. The number of phosphoric ester groups is 2. The highest BCUT2D eigenvalue weighted by molar-refractivity contribution is 7.47. The summed E-state index contributed by atoms with van der Waals surface area (Å²) in [6.45, 7) is 7.12. The maximum absolute atomic E-state index is 13.0. The molecule has 0 aromatic rings.